The topological polar surface area (TPSA) is 99.4 Å². The van der Waals surface area contributed by atoms with Crippen LogP contribution in [0.1, 0.15) is 142 Å². The predicted molar refractivity (Wildman–Crippen MR) is 184 cm³/mol. The molecule has 0 aromatic heterocycles. The van der Waals surface area contributed by atoms with Crippen LogP contribution in [0, 0.1) is 5.41 Å². The Labute approximate surface area is 269 Å². The summed E-state index contributed by atoms with van der Waals surface area (Å²) in [7, 11) is -2.73. The minimum atomic E-state index is -2.73. The van der Waals surface area contributed by atoms with Crippen molar-refractivity contribution < 1.29 is 29.3 Å². The Kier molecular flexibility index (Phi) is 12.4. The van der Waals surface area contributed by atoms with Gasteiger partial charge in [-0.15, -0.1) is 0 Å². The van der Waals surface area contributed by atoms with E-state index in [1.54, 1.807) is 0 Å². The Morgan fingerprint density at radius 2 is 0.955 bits per heavy atom. The highest BCUT2D eigenvalue weighted by Crippen LogP contribution is 2.51. The van der Waals surface area contributed by atoms with Crippen molar-refractivity contribution in [2.75, 3.05) is 19.8 Å². The van der Waals surface area contributed by atoms with Crippen LogP contribution < -0.4 is 4.74 Å². The van der Waals surface area contributed by atoms with E-state index < -0.39 is 33.3 Å². The number of aliphatic hydroxyl groups is 2. The molecule has 0 aliphatic heterocycles. The van der Waals surface area contributed by atoms with Crippen molar-refractivity contribution in [3.05, 3.63) is 63.2 Å². The predicted octanol–water partition coefficient (Wildman–Crippen LogP) is 8.32. The van der Waals surface area contributed by atoms with Gasteiger partial charge < -0.3 is 29.3 Å². The number of aryl methyl sites for hydroxylation is 2. The van der Waals surface area contributed by atoms with Crippen LogP contribution in [0.15, 0.2) is 24.3 Å². The van der Waals surface area contributed by atoms with E-state index in [-0.39, 0.29) is 28.3 Å². The SMILES string of the molecule is CCc1cc(C(C)(C)C)c(OC(c2c(C(C)(C)C)cc(CC)cc2C(C)(C)C)C(CO)(CO)COP(O)O)c(C(C)(C)C)c1. The first-order valence-electron chi connectivity index (χ1n) is 16.0. The third-order valence-corrected chi connectivity index (χ3v) is 8.95. The van der Waals surface area contributed by atoms with E-state index in [4.69, 9.17) is 9.26 Å². The molecule has 0 spiro atoms. The fourth-order valence-electron chi connectivity index (χ4n) is 5.75. The van der Waals surface area contributed by atoms with Crippen LogP contribution in [0.3, 0.4) is 0 Å². The molecule has 0 aliphatic carbocycles. The lowest BCUT2D eigenvalue weighted by molar-refractivity contribution is -0.0718. The van der Waals surface area contributed by atoms with Crippen molar-refractivity contribution in [2.45, 2.75) is 138 Å². The summed E-state index contributed by atoms with van der Waals surface area (Å²) in [6.45, 7) is 29.0. The van der Waals surface area contributed by atoms with Gasteiger partial charge in [0.05, 0.1) is 25.2 Å². The maximum atomic E-state index is 11.2. The third kappa shape index (κ3) is 8.84. The second-order valence-corrected chi connectivity index (χ2v) is 17.3. The van der Waals surface area contributed by atoms with E-state index in [1.165, 1.54) is 11.1 Å². The zero-order chi connectivity index (χ0) is 34.1. The second kappa shape index (κ2) is 14.1. The molecule has 0 bridgehead atoms. The standard InChI is InChI=1S/C37H61O6P/c1-15-24-17-26(33(3,4)5)30(27(18-24)34(6,7)8)32(37(21-38,22-39)23-42-44(40)41)43-31-28(35(9,10)11)19-25(16-2)20-29(31)36(12,13)14/h17-20,32,38-41H,15-16,21-23H2,1-14H3. The molecule has 0 aliphatic rings. The second-order valence-electron chi connectivity index (χ2n) is 16.5. The van der Waals surface area contributed by atoms with E-state index in [9.17, 15) is 20.0 Å². The quantitative estimate of drug-likeness (QED) is 0.186. The van der Waals surface area contributed by atoms with Crippen LogP contribution in [-0.4, -0.2) is 39.8 Å². The molecule has 0 radical (unpaired) electrons. The highest BCUT2D eigenvalue weighted by molar-refractivity contribution is 7.39. The van der Waals surface area contributed by atoms with Gasteiger partial charge in [-0.2, -0.15) is 0 Å². The molecule has 1 unspecified atom stereocenters. The molecule has 250 valence electrons. The van der Waals surface area contributed by atoms with Gasteiger partial charge in [-0.3, -0.25) is 0 Å². The summed E-state index contributed by atoms with van der Waals surface area (Å²) in [6, 6.07) is 8.88. The van der Waals surface area contributed by atoms with Gasteiger partial charge >= 0.3 is 8.60 Å². The van der Waals surface area contributed by atoms with Crippen molar-refractivity contribution in [3.8, 4) is 5.75 Å². The highest BCUT2D eigenvalue weighted by Gasteiger charge is 2.47. The van der Waals surface area contributed by atoms with Crippen LogP contribution in [-0.2, 0) is 39.0 Å². The van der Waals surface area contributed by atoms with E-state index in [0.29, 0.717) is 0 Å². The Bertz CT molecular complexity index is 1180. The molecule has 0 saturated heterocycles. The number of hydrogen-bond donors (Lipinski definition) is 4. The summed E-state index contributed by atoms with van der Waals surface area (Å²) >= 11 is 0. The molecule has 7 heteroatoms. The fourth-order valence-corrected chi connectivity index (χ4v) is 6.12. The first-order valence-corrected chi connectivity index (χ1v) is 17.2. The summed E-state index contributed by atoms with van der Waals surface area (Å²) in [4.78, 5) is 19.7. The van der Waals surface area contributed by atoms with Crippen molar-refractivity contribution >= 4 is 8.60 Å². The maximum Gasteiger partial charge on any atom is 0.327 e. The number of ether oxygens (including phenoxy) is 1. The molecule has 0 fully saturated rings. The number of benzene rings is 2. The summed E-state index contributed by atoms with van der Waals surface area (Å²) < 4.78 is 12.8. The summed E-state index contributed by atoms with van der Waals surface area (Å²) in [5, 5.41) is 22.3. The van der Waals surface area contributed by atoms with Crippen LogP contribution in [0.4, 0.5) is 0 Å². The molecule has 0 saturated carbocycles. The Morgan fingerprint density at radius 1 is 0.614 bits per heavy atom. The first kappa shape index (κ1) is 38.7. The van der Waals surface area contributed by atoms with Crippen molar-refractivity contribution in [2.24, 2.45) is 5.41 Å². The van der Waals surface area contributed by atoms with Crippen molar-refractivity contribution in [1.82, 2.24) is 0 Å². The maximum absolute atomic E-state index is 11.2. The zero-order valence-electron chi connectivity index (χ0n) is 30.0. The van der Waals surface area contributed by atoms with Crippen LogP contribution in [0.5, 0.6) is 5.75 Å². The molecular weight excluding hydrogens is 571 g/mol. The van der Waals surface area contributed by atoms with Gasteiger partial charge in [0.2, 0.25) is 0 Å². The number of aliphatic hydroxyl groups excluding tert-OH is 2. The molecule has 2 aromatic carbocycles. The molecule has 6 nitrogen and oxygen atoms in total. The lowest BCUT2D eigenvalue weighted by atomic mass is 9.68. The van der Waals surface area contributed by atoms with Gasteiger partial charge in [-0.05, 0) is 56.8 Å². The average molecular weight is 633 g/mol. The lowest BCUT2D eigenvalue weighted by Crippen LogP contribution is -2.45. The molecule has 2 aromatic rings. The van der Waals surface area contributed by atoms with E-state index in [1.807, 2.05) is 0 Å². The minimum absolute atomic E-state index is 0.279. The van der Waals surface area contributed by atoms with Crippen LogP contribution >= 0.6 is 8.60 Å². The molecule has 0 heterocycles. The summed E-state index contributed by atoms with van der Waals surface area (Å²) in [5.74, 6) is 0.730. The van der Waals surface area contributed by atoms with Gasteiger partial charge in [0.25, 0.3) is 0 Å². The summed E-state index contributed by atoms with van der Waals surface area (Å²) in [5.41, 5.74) is 4.93. The zero-order valence-corrected chi connectivity index (χ0v) is 30.9. The third-order valence-electron chi connectivity index (χ3n) is 8.59. The first-order chi connectivity index (χ1) is 20.0. The van der Waals surface area contributed by atoms with E-state index >= 15 is 0 Å². The molecule has 2 rings (SSSR count). The lowest BCUT2D eigenvalue weighted by Gasteiger charge is -2.44. The van der Waals surface area contributed by atoms with Gasteiger partial charge in [-0.25, -0.2) is 0 Å². The molecule has 4 N–H and O–H groups in total. The van der Waals surface area contributed by atoms with Gasteiger partial charge in [-0.1, -0.05) is 121 Å². The van der Waals surface area contributed by atoms with Crippen LogP contribution in [0.25, 0.3) is 0 Å². The van der Waals surface area contributed by atoms with Crippen molar-refractivity contribution in [3.63, 3.8) is 0 Å². The number of rotatable bonds is 11. The molecule has 1 atom stereocenters. The van der Waals surface area contributed by atoms with Gasteiger partial charge in [0.1, 0.15) is 11.9 Å². The van der Waals surface area contributed by atoms with E-state index in [0.717, 1.165) is 46.4 Å². The smallest absolute Gasteiger partial charge is 0.327 e. The normalized spacial score (nSPS) is 14.3. The van der Waals surface area contributed by atoms with Gasteiger partial charge in [0.15, 0.2) is 0 Å². The minimum Gasteiger partial charge on any atom is -0.484 e. The molecule has 0 amide bonds. The average Bonchev–Trinajstić information content (AvgIpc) is 2.89. The fraction of sp³-hybridized carbons (Fsp3) is 0.676. The highest BCUT2D eigenvalue weighted by atomic mass is 31.2. The monoisotopic (exact) mass is 632 g/mol. The largest absolute Gasteiger partial charge is 0.484 e. The number of hydrogen-bond acceptors (Lipinski definition) is 6. The summed E-state index contributed by atoms with van der Waals surface area (Å²) in [6.07, 6.45) is 0.835. The van der Waals surface area contributed by atoms with E-state index in [2.05, 4.69) is 121 Å². The Balaban J connectivity index is 3.27. The van der Waals surface area contributed by atoms with Crippen molar-refractivity contribution in [1.29, 1.82) is 0 Å². The molecule has 44 heavy (non-hydrogen) atoms. The Morgan fingerprint density at radius 3 is 1.23 bits per heavy atom. The van der Waals surface area contributed by atoms with Crippen LogP contribution in [0.2, 0.25) is 0 Å². The Hall–Kier alpha value is -1.53. The van der Waals surface area contributed by atoms with Gasteiger partial charge in [0, 0.05) is 16.7 Å². The molecular formula is C37H61O6P.